The van der Waals surface area contributed by atoms with E-state index >= 15 is 0 Å². The molecule has 0 aliphatic rings. The van der Waals surface area contributed by atoms with E-state index in [1.807, 2.05) is 36.4 Å². The van der Waals surface area contributed by atoms with Crippen LogP contribution in [-0.4, -0.2) is 21.5 Å². The van der Waals surface area contributed by atoms with Gasteiger partial charge >= 0.3 is 0 Å². The summed E-state index contributed by atoms with van der Waals surface area (Å²) in [5.41, 5.74) is 5.39. The molecule has 3 aromatic rings. The van der Waals surface area contributed by atoms with Crippen molar-refractivity contribution in [3.8, 4) is 5.75 Å². The lowest BCUT2D eigenvalue weighted by Crippen LogP contribution is -2.18. The molecule has 0 saturated carbocycles. The number of aromatic nitrogens is 2. The quantitative estimate of drug-likeness (QED) is 0.476. The number of nitrogens with one attached hydrogen (secondary N) is 1. The van der Waals surface area contributed by atoms with Gasteiger partial charge in [0.2, 0.25) is 0 Å². The van der Waals surface area contributed by atoms with Crippen molar-refractivity contribution in [2.75, 3.05) is 5.43 Å². The van der Waals surface area contributed by atoms with Crippen molar-refractivity contribution in [3.05, 3.63) is 59.3 Å². The molecule has 0 aliphatic heterocycles. The smallest absolute Gasteiger partial charge is 0.176 e. The summed E-state index contributed by atoms with van der Waals surface area (Å²) < 4.78 is 0. The van der Waals surface area contributed by atoms with E-state index in [4.69, 9.17) is 0 Å². The Morgan fingerprint density at radius 1 is 0.964 bits per heavy atom. The van der Waals surface area contributed by atoms with E-state index in [9.17, 15) is 5.11 Å². The zero-order chi connectivity index (χ0) is 20.5. The summed E-state index contributed by atoms with van der Waals surface area (Å²) in [7, 11) is 0. The lowest BCUT2D eigenvalue weighted by Gasteiger charge is -2.27. The minimum Gasteiger partial charge on any atom is -0.507 e. The molecule has 0 atom stereocenters. The van der Waals surface area contributed by atoms with Gasteiger partial charge in [0.15, 0.2) is 5.82 Å². The molecule has 1 aromatic heterocycles. The van der Waals surface area contributed by atoms with Crippen molar-refractivity contribution in [3.63, 3.8) is 0 Å². The van der Waals surface area contributed by atoms with Crippen molar-refractivity contribution < 1.29 is 5.11 Å². The first-order chi connectivity index (χ1) is 13.1. The van der Waals surface area contributed by atoms with Gasteiger partial charge in [0.25, 0.3) is 0 Å². The Morgan fingerprint density at radius 3 is 2.18 bits per heavy atom. The molecule has 5 nitrogen and oxygen atoms in total. The van der Waals surface area contributed by atoms with E-state index in [0.717, 1.165) is 27.5 Å². The van der Waals surface area contributed by atoms with Crippen LogP contribution in [0.25, 0.3) is 10.8 Å². The molecule has 0 unspecified atom stereocenters. The number of aromatic hydroxyl groups is 1. The summed E-state index contributed by atoms with van der Waals surface area (Å²) in [5.74, 6) is 0.977. The third-order valence-corrected chi connectivity index (χ3v) is 4.70. The highest BCUT2D eigenvalue weighted by Gasteiger charge is 2.26. The SMILES string of the molecule is CC(C)(C)c1cc(C=NNc2nncc3ccccc23)cc(C(C)(C)C)c1O. The summed E-state index contributed by atoms with van der Waals surface area (Å²) in [4.78, 5) is 0. The summed E-state index contributed by atoms with van der Waals surface area (Å²) in [6.45, 7) is 12.6. The number of hydrazone groups is 1. The fraction of sp³-hybridized carbons (Fsp3) is 0.348. The molecule has 3 rings (SSSR count). The van der Waals surface area contributed by atoms with Crippen LogP contribution >= 0.6 is 0 Å². The second-order valence-electron chi connectivity index (χ2n) is 9.12. The molecular formula is C23H28N4O. The van der Waals surface area contributed by atoms with Crippen molar-refractivity contribution in [1.29, 1.82) is 0 Å². The topological polar surface area (TPSA) is 70.4 Å². The van der Waals surface area contributed by atoms with Gasteiger partial charge in [-0.1, -0.05) is 65.8 Å². The first-order valence-electron chi connectivity index (χ1n) is 9.45. The number of hydrogen-bond donors (Lipinski definition) is 2. The van der Waals surface area contributed by atoms with Crippen molar-refractivity contribution in [2.45, 2.75) is 52.4 Å². The number of fused-ring (bicyclic) bond motifs is 1. The highest BCUT2D eigenvalue weighted by Crippen LogP contribution is 2.39. The van der Waals surface area contributed by atoms with Gasteiger partial charge in [0, 0.05) is 21.9 Å². The average molecular weight is 377 g/mol. The minimum absolute atomic E-state index is 0.178. The molecule has 2 aromatic carbocycles. The lowest BCUT2D eigenvalue weighted by atomic mass is 9.78. The predicted octanol–water partition coefficient (Wildman–Crippen LogP) is 5.38. The molecule has 2 N–H and O–H groups in total. The second kappa shape index (κ2) is 7.23. The molecule has 0 bridgehead atoms. The zero-order valence-electron chi connectivity index (χ0n) is 17.4. The van der Waals surface area contributed by atoms with Crippen LogP contribution in [-0.2, 0) is 10.8 Å². The minimum atomic E-state index is -0.178. The fourth-order valence-electron chi connectivity index (χ4n) is 3.15. The van der Waals surface area contributed by atoms with Gasteiger partial charge in [-0.3, -0.25) is 5.43 Å². The number of hydrogen-bond acceptors (Lipinski definition) is 5. The van der Waals surface area contributed by atoms with Gasteiger partial charge in [-0.15, -0.1) is 5.10 Å². The molecule has 1 heterocycles. The predicted molar refractivity (Wildman–Crippen MR) is 116 cm³/mol. The van der Waals surface area contributed by atoms with Gasteiger partial charge in [0.05, 0.1) is 12.4 Å². The maximum Gasteiger partial charge on any atom is 0.176 e. The van der Waals surface area contributed by atoms with Crippen LogP contribution in [0, 0.1) is 0 Å². The molecule has 5 heteroatoms. The molecule has 28 heavy (non-hydrogen) atoms. The third-order valence-electron chi connectivity index (χ3n) is 4.70. The van der Waals surface area contributed by atoms with Crippen LogP contribution in [0.2, 0.25) is 0 Å². The largest absolute Gasteiger partial charge is 0.507 e. The third kappa shape index (κ3) is 4.14. The van der Waals surface area contributed by atoms with E-state index < -0.39 is 0 Å². The normalized spacial score (nSPS) is 12.6. The number of benzene rings is 2. The van der Waals surface area contributed by atoms with Crippen LogP contribution in [0.1, 0.15) is 58.2 Å². The lowest BCUT2D eigenvalue weighted by molar-refractivity contribution is 0.423. The van der Waals surface area contributed by atoms with Gasteiger partial charge in [-0.25, -0.2) is 0 Å². The second-order valence-corrected chi connectivity index (χ2v) is 9.12. The van der Waals surface area contributed by atoms with E-state index in [0.29, 0.717) is 11.6 Å². The van der Waals surface area contributed by atoms with Crippen LogP contribution in [0.3, 0.4) is 0 Å². The maximum atomic E-state index is 10.8. The van der Waals surface area contributed by atoms with Crippen LogP contribution in [0.5, 0.6) is 5.75 Å². The Bertz CT molecular complexity index is 986. The van der Waals surface area contributed by atoms with Crippen molar-refractivity contribution in [1.82, 2.24) is 10.2 Å². The van der Waals surface area contributed by atoms with E-state index in [1.54, 1.807) is 12.4 Å². The van der Waals surface area contributed by atoms with Crippen molar-refractivity contribution >= 4 is 22.8 Å². The van der Waals surface area contributed by atoms with E-state index in [2.05, 4.69) is 62.3 Å². The van der Waals surface area contributed by atoms with Gasteiger partial charge in [-0.2, -0.15) is 10.2 Å². The molecule has 0 radical (unpaired) electrons. The average Bonchev–Trinajstić information content (AvgIpc) is 2.61. The molecule has 0 fully saturated rings. The number of nitrogens with zero attached hydrogens (tertiary/aromatic N) is 3. The van der Waals surface area contributed by atoms with E-state index in [1.165, 1.54) is 0 Å². The Labute approximate surface area is 166 Å². The van der Waals surface area contributed by atoms with Gasteiger partial charge in [-0.05, 0) is 28.5 Å². The van der Waals surface area contributed by atoms with Gasteiger partial charge < -0.3 is 5.11 Å². The molecular weight excluding hydrogens is 348 g/mol. The van der Waals surface area contributed by atoms with Crippen LogP contribution in [0.4, 0.5) is 5.82 Å². The molecule has 0 aliphatic carbocycles. The Morgan fingerprint density at radius 2 is 1.57 bits per heavy atom. The molecule has 0 amide bonds. The number of phenols is 1. The van der Waals surface area contributed by atoms with Crippen LogP contribution < -0.4 is 5.43 Å². The summed E-state index contributed by atoms with van der Waals surface area (Å²) in [6, 6.07) is 11.9. The Balaban J connectivity index is 1.97. The summed E-state index contributed by atoms with van der Waals surface area (Å²) >= 11 is 0. The number of rotatable bonds is 3. The zero-order valence-corrected chi connectivity index (χ0v) is 17.4. The monoisotopic (exact) mass is 376 g/mol. The Kier molecular flexibility index (Phi) is 5.11. The highest BCUT2D eigenvalue weighted by molar-refractivity contribution is 5.91. The molecule has 146 valence electrons. The first-order valence-corrected chi connectivity index (χ1v) is 9.45. The highest BCUT2D eigenvalue weighted by atomic mass is 16.3. The fourth-order valence-corrected chi connectivity index (χ4v) is 3.15. The number of anilines is 1. The standard InChI is InChI=1S/C23H28N4O/c1-22(2,3)18-11-15(12-19(20(18)28)23(4,5)6)13-24-26-21-17-10-8-7-9-16(17)14-25-27-21/h7-14,28H,1-6H3,(H,26,27). The maximum absolute atomic E-state index is 10.8. The number of phenolic OH excluding ortho intramolecular Hbond substituents is 1. The van der Waals surface area contributed by atoms with E-state index in [-0.39, 0.29) is 10.8 Å². The van der Waals surface area contributed by atoms with Crippen LogP contribution in [0.15, 0.2) is 47.7 Å². The molecule has 0 spiro atoms. The Hall–Kier alpha value is -2.95. The summed E-state index contributed by atoms with van der Waals surface area (Å²) in [6.07, 6.45) is 3.49. The van der Waals surface area contributed by atoms with Crippen molar-refractivity contribution in [2.24, 2.45) is 5.10 Å². The molecule has 0 saturated heterocycles. The summed E-state index contributed by atoms with van der Waals surface area (Å²) in [5, 5.41) is 25.3. The first kappa shape index (κ1) is 19.8. The van der Waals surface area contributed by atoms with Gasteiger partial charge in [0.1, 0.15) is 5.75 Å².